The summed E-state index contributed by atoms with van der Waals surface area (Å²) in [6.07, 6.45) is 6.99. The largest absolute Gasteiger partial charge is 0.443 e. The molecule has 160 valence electrons. The van der Waals surface area contributed by atoms with Crippen molar-refractivity contribution in [3.8, 4) is 11.5 Å². The lowest BCUT2D eigenvalue weighted by atomic mass is 9.81. The number of rotatable bonds is 8. The number of hydrogen-bond donors (Lipinski definition) is 3. The molecule has 3 N–H and O–H groups in total. The molecule has 3 aromatic rings. The second-order valence-corrected chi connectivity index (χ2v) is 9.93. The molecule has 30 heavy (non-hydrogen) atoms. The number of pyridine rings is 1. The van der Waals surface area contributed by atoms with Crippen LogP contribution in [0.15, 0.2) is 29.1 Å². The van der Waals surface area contributed by atoms with Gasteiger partial charge >= 0.3 is 0 Å². The van der Waals surface area contributed by atoms with Crippen LogP contribution in [0.1, 0.15) is 36.7 Å². The van der Waals surface area contributed by atoms with Gasteiger partial charge in [-0.25, -0.2) is 18.4 Å². The smallest absolute Gasteiger partial charge is 0.272 e. The van der Waals surface area contributed by atoms with Crippen molar-refractivity contribution in [3.05, 3.63) is 30.4 Å². The summed E-state index contributed by atoms with van der Waals surface area (Å²) in [7, 11) is -1.45. The summed E-state index contributed by atoms with van der Waals surface area (Å²) in [5.74, 6) is 0.639. The molecule has 0 unspecified atom stereocenters. The van der Waals surface area contributed by atoms with E-state index in [0.29, 0.717) is 17.9 Å². The fourth-order valence-electron chi connectivity index (χ4n) is 3.90. The molecule has 1 aliphatic carbocycles. The molecule has 1 saturated carbocycles. The molecule has 1 aliphatic rings. The highest BCUT2D eigenvalue weighted by molar-refractivity contribution is 7.91. The van der Waals surface area contributed by atoms with Gasteiger partial charge in [-0.15, -0.1) is 0 Å². The quantitative estimate of drug-likeness (QED) is 0.500. The van der Waals surface area contributed by atoms with Crippen LogP contribution in [0, 0.1) is 5.92 Å². The van der Waals surface area contributed by atoms with Crippen LogP contribution in [0.2, 0.25) is 0 Å². The number of sulfone groups is 1. The van der Waals surface area contributed by atoms with Crippen molar-refractivity contribution < 1.29 is 17.6 Å². The number of aromatic amines is 1. The van der Waals surface area contributed by atoms with Gasteiger partial charge in [-0.2, -0.15) is 0 Å². The van der Waals surface area contributed by atoms with Crippen LogP contribution in [0.5, 0.6) is 0 Å². The normalized spacial score (nSPS) is 18.9. The van der Waals surface area contributed by atoms with Crippen molar-refractivity contribution >= 4 is 32.5 Å². The Balaban J connectivity index is 1.55. The minimum absolute atomic E-state index is 0.152. The first-order valence-corrected chi connectivity index (χ1v) is 11.8. The Kier molecular flexibility index (Phi) is 5.50. The van der Waals surface area contributed by atoms with Crippen molar-refractivity contribution in [1.82, 2.24) is 20.3 Å². The van der Waals surface area contributed by atoms with E-state index in [1.807, 2.05) is 13.0 Å². The Morgan fingerprint density at radius 1 is 1.37 bits per heavy atom. The van der Waals surface area contributed by atoms with Gasteiger partial charge in [0.15, 0.2) is 15.5 Å². The summed E-state index contributed by atoms with van der Waals surface area (Å²) in [6, 6.07) is 2.07. The van der Waals surface area contributed by atoms with Crippen LogP contribution in [0.25, 0.3) is 22.5 Å². The number of nitrogens with one attached hydrogen (secondary N) is 3. The molecule has 1 fully saturated rings. The van der Waals surface area contributed by atoms with Gasteiger partial charge in [0.05, 0.1) is 17.0 Å². The molecule has 0 atom stereocenters. The van der Waals surface area contributed by atoms with Crippen LogP contribution in [-0.4, -0.2) is 53.9 Å². The monoisotopic (exact) mass is 431 g/mol. The molecule has 0 spiro atoms. The van der Waals surface area contributed by atoms with Crippen LogP contribution in [0.4, 0.5) is 5.69 Å². The number of oxazole rings is 1. The fraction of sp³-hybridized carbons (Fsp3) is 0.450. The first kappa shape index (κ1) is 20.4. The van der Waals surface area contributed by atoms with E-state index < -0.39 is 9.84 Å². The summed E-state index contributed by atoms with van der Waals surface area (Å²) < 4.78 is 29.7. The average molecular weight is 432 g/mol. The topological polar surface area (TPSA) is 130 Å². The maximum Gasteiger partial charge on any atom is 0.272 e. The zero-order valence-electron chi connectivity index (χ0n) is 16.9. The summed E-state index contributed by atoms with van der Waals surface area (Å²) >= 11 is 0. The van der Waals surface area contributed by atoms with Gasteiger partial charge in [0.25, 0.3) is 5.91 Å². The van der Waals surface area contributed by atoms with E-state index in [-0.39, 0.29) is 35.1 Å². The Morgan fingerprint density at radius 3 is 2.90 bits per heavy atom. The van der Waals surface area contributed by atoms with Crippen LogP contribution >= 0.6 is 0 Å². The number of carbonyl (C=O) groups excluding carboxylic acids is 1. The molecule has 0 radical (unpaired) electrons. The number of fused-ring (bicyclic) bond motifs is 1. The summed E-state index contributed by atoms with van der Waals surface area (Å²) in [5.41, 5.74) is 2.38. The van der Waals surface area contributed by atoms with E-state index in [2.05, 4.69) is 25.6 Å². The van der Waals surface area contributed by atoms with E-state index in [1.165, 1.54) is 13.3 Å². The maximum atomic E-state index is 12.1. The minimum Gasteiger partial charge on any atom is -0.443 e. The molecule has 4 rings (SSSR count). The lowest BCUT2D eigenvalue weighted by molar-refractivity contribution is 0.0958. The standard InChI is InChI=1S/C20H25N5O4S/c1-3-6-30(27,28)11-12-7-13(8-12)24-17-14-4-5-22-18(14)23-9-15(17)20-25-16(10-29-20)19(26)21-2/h4-5,9-10,12-13H,3,6-8,11H2,1-2H3,(H,21,26)(H2,22,23,24). The molecule has 3 heterocycles. The van der Waals surface area contributed by atoms with Gasteiger partial charge in [-0.1, -0.05) is 6.92 Å². The maximum absolute atomic E-state index is 12.1. The predicted octanol–water partition coefficient (Wildman–Crippen LogP) is 2.59. The van der Waals surface area contributed by atoms with Crippen LogP contribution in [0.3, 0.4) is 0 Å². The third-order valence-electron chi connectivity index (χ3n) is 5.37. The summed E-state index contributed by atoms with van der Waals surface area (Å²) in [4.78, 5) is 23.6. The highest BCUT2D eigenvalue weighted by Gasteiger charge is 2.33. The Hall–Kier alpha value is -2.88. The van der Waals surface area contributed by atoms with E-state index >= 15 is 0 Å². The van der Waals surface area contributed by atoms with Crippen molar-refractivity contribution in [3.63, 3.8) is 0 Å². The summed E-state index contributed by atoms with van der Waals surface area (Å²) in [5, 5.41) is 6.93. The molecule has 1 amide bonds. The molecular formula is C20H25N5O4S. The van der Waals surface area contributed by atoms with Crippen molar-refractivity contribution in [2.45, 2.75) is 32.2 Å². The number of anilines is 1. The molecular weight excluding hydrogens is 406 g/mol. The molecule has 3 aromatic heterocycles. The van der Waals surface area contributed by atoms with Gasteiger partial charge in [-0.3, -0.25) is 4.79 Å². The molecule has 9 nitrogen and oxygen atoms in total. The number of amides is 1. The number of nitrogens with zero attached hydrogens (tertiary/aromatic N) is 2. The number of H-pyrrole nitrogens is 1. The Morgan fingerprint density at radius 2 is 2.17 bits per heavy atom. The van der Waals surface area contributed by atoms with Gasteiger partial charge in [-0.05, 0) is 31.2 Å². The Labute approximate surface area is 174 Å². The number of aromatic nitrogens is 3. The zero-order valence-corrected chi connectivity index (χ0v) is 17.8. The van der Waals surface area contributed by atoms with Crippen molar-refractivity contribution in [2.24, 2.45) is 5.92 Å². The average Bonchev–Trinajstić information content (AvgIpc) is 3.35. The SMILES string of the molecule is CCCS(=O)(=O)CC1CC(Nc2c(-c3nc(C(=O)NC)co3)cnc3[nH]ccc23)C1. The lowest BCUT2D eigenvalue weighted by Gasteiger charge is -2.36. The van der Waals surface area contributed by atoms with E-state index in [0.717, 1.165) is 29.6 Å². The number of carbonyl (C=O) groups is 1. The van der Waals surface area contributed by atoms with Crippen LogP contribution in [-0.2, 0) is 9.84 Å². The first-order valence-electron chi connectivity index (χ1n) is 10.0. The third-order valence-corrected chi connectivity index (χ3v) is 7.38. The second kappa shape index (κ2) is 8.10. The van der Waals surface area contributed by atoms with E-state index in [9.17, 15) is 13.2 Å². The van der Waals surface area contributed by atoms with Gasteiger partial charge in [0.1, 0.15) is 11.9 Å². The lowest BCUT2D eigenvalue weighted by Crippen LogP contribution is -2.39. The van der Waals surface area contributed by atoms with Crippen molar-refractivity contribution in [2.75, 3.05) is 23.9 Å². The summed E-state index contributed by atoms with van der Waals surface area (Å²) in [6.45, 7) is 1.88. The highest BCUT2D eigenvalue weighted by atomic mass is 32.2. The second-order valence-electron chi connectivity index (χ2n) is 7.70. The predicted molar refractivity (Wildman–Crippen MR) is 114 cm³/mol. The molecule has 0 aliphatic heterocycles. The van der Waals surface area contributed by atoms with Gasteiger partial charge in [0.2, 0.25) is 5.89 Å². The van der Waals surface area contributed by atoms with Crippen LogP contribution < -0.4 is 10.6 Å². The van der Waals surface area contributed by atoms with E-state index in [1.54, 1.807) is 12.4 Å². The highest BCUT2D eigenvalue weighted by Crippen LogP contribution is 2.38. The minimum atomic E-state index is -2.98. The third kappa shape index (κ3) is 4.04. The zero-order chi connectivity index (χ0) is 21.3. The molecule has 0 bridgehead atoms. The molecule has 10 heteroatoms. The first-order chi connectivity index (χ1) is 14.4. The fourth-order valence-corrected chi connectivity index (χ4v) is 5.68. The Bertz CT molecular complexity index is 1160. The molecule has 0 aromatic carbocycles. The molecule has 0 saturated heterocycles. The van der Waals surface area contributed by atoms with Crippen molar-refractivity contribution in [1.29, 1.82) is 0 Å². The van der Waals surface area contributed by atoms with Gasteiger partial charge in [0, 0.05) is 36.6 Å². The van der Waals surface area contributed by atoms with Gasteiger partial charge < -0.3 is 20.0 Å². The number of hydrogen-bond acceptors (Lipinski definition) is 7. The van der Waals surface area contributed by atoms with E-state index in [4.69, 9.17) is 4.42 Å².